The highest BCUT2D eigenvalue weighted by atomic mass is 16.5. The molecule has 0 unspecified atom stereocenters. The molecule has 2 saturated heterocycles. The average Bonchev–Trinajstić information content (AvgIpc) is 3.64. The number of hydrogen-bond donors (Lipinski definition) is 1. The Morgan fingerprint density at radius 2 is 1.87 bits per heavy atom. The van der Waals surface area contributed by atoms with Gasteiger partial charge in [0, 0.05) is 50.8 Å². The molecule has 2 aliphatic rings. The predicted octanol–water partition coefficient (Wildman–Crippen LogP) is 3.86. The second kappa shape index (κ2) is 11.2. The van der Waals surface area contributed by atoms with Gasteiger partial charge in [-0.15, -0.1) is 0 Å². The van der Waals surface area contributed by atoms with Crippen LogP contribution in [0.1, 0.15) is 24.8 Å². The molecule has 202 valence electrons. The minimum Gasteiger partial charge on any atom is -0.492 e. The number of fused-ring (bicyclic) bond motifs is 1. The van der Waals surface area contributed by atoms with Gasteiger partial charge in [0.2, 0.25) is 0 Å². The van der Waals surface area contributed by atoms with Crippen molar-refractivity contribution in [1.29, 1.82) is 0 Å². The fourth-order valence-corrected chi connectivity index (χ4v) is 5.78. The molecule has 6 rings (SSSR count). The van der Waals surface area contributed by atoms with Crippen LogP contribution in [0.4, 0.5) is 5.82 Å². The zero-order chi connectivity index (χ0) is 26.8. The zero-order valence-electron chi connectivity index (χ0n) is 22.4. The lowest BCUT2D eigenvalue weighted by molar-refractivity contribution is 0.167. The van der Waals surface area contributed by atoms with E-state index in [1.54, 1.807) is 13.4 Å². The SMILES string of the molecule is Cn1cnc2cc(-c3ccc(OC[C@@H]4CCCN4Cc4ccccc4)cc3)nc(N3CC[C@H](CO)C3)c2c1=O. The van der Waals surface area contributed by atoms with E-state index in [-0.39, 0.29) is 18.1 Å². The maximum atomic E-state index is 13.0. The molecule has 1 N–H and O–H groups in total. The van der Waals surface area contributed by atoms with E-state index in [1.165, 1.54) is 16.6 Å². The van der Waals surface area contributed by atoms with Crippen LogP contribution in [0, 0.1) is 5.92 Å². The Balaban J connectivity index is 1.20. The minimum absolute atomic E-state index is 0.113. The summed E-state index contributed by atoms with van der Waals surface area (Å²) in [6.07, 6.45) is 4.78. The van der Waals surface area contributed by atoms with E-state index in [1.807, 2.05) is 30.3 Å². The Morgan fingerprint density at radius 1 is 1.05 bits per heavy atom. The van der Waals surface area contributed by atoms with E-state index in [0.29, 0.717) is 35.9 Å². The summed E-state index contributed by atoms with van der Waals surface area (Å²) in [6, 6.07) is 20.9. The van der Waals surface area contributed by atoms with Crippen molar-refractivity contribution in [2.24, 2.45) is 13.0 Å². The van der Waals surface area contributed by atoms with Crippen molar-refractivity contribution >= 4 is 16.7 Å². The Hall–Kier alpha value is -3.75. The Kier molecular flexibility index (Phi) is 7.30. The average molecular weight is 526 g/mol. The van der Waals surface area contributed by atoms with E-state index in [9.17, 15) is 9.90 Å². The third-order valence-corrected chi connectivity index (χ3v) is 8.05. The summed E-state index contributed by atoms with van der Waals surface area (Å²) in [5, 5.41) is 10.2. The fourth-order valence-electron chi connectivity index (χ4n) is 5.78. The topological polar surface area (TPSA) is 83.7 Å². The molecule has 8 heteroatoms. The fraction of sp³-hybridized carbons (Fsp3) is 0.387. The van der Waals surface area contributed by atoms with Crippen molar-refractivity contribution in [2.45, 2.75) is 31.8 Å². The number of hydrogen-bond acceptors (Lipinski definition) is 7. The highest BCUT2D eigenvalue weighted by Gasteiger charge is 2.27. The number of anilines is 1. The summed E-state index contributed by atoms with van der Waals surface area (Å²) in [6.45, 7) is 4.29. The van der Waals surface area contributed by atoms with Gasteiger partial charge < -0.3 is 19.3 Å². The van der Waals surface area contributed by atoms with Crippen molar-refractivity contribution in [2.75, 3.05) is 37.7 Å². The molecule has 2 aromatic heterocycles. The van der Waals surface area contributed by atoms with Crippen molar-refractivity contribution in [3.05, 3.63) is 82.9 Å². The summed E-state index contributed by atoms with van der Waals surface area (Å²) in [7, 11) is 1.71. The lowest BCUT2D eigenvalue weighted by atomic mass is 10.1. The number of ether oxygens (including phenoxy) is 1. The first-order valence-electron chi connectivity index (χ1n) is 13.8. The summed E-state index contributed by atoms with van der Waals surface area (Å²) in [5.74, 6) is 1.67. The van der Waals surface area contributed by atoms with Crippen LogP contribution < -0.4 is 15.2 Å². The van der Waals surface area contributed by atoms with Gasteiger partial charge in [-0.3, -0.25) is 9.69 Å². The quantitative estimate of drug-likeness (QED) is 0.374. The van der Waals surface area contributed by atoms with Gasteiger partial charge in [-0.05, 0) is 61.7 Å². The van der Waals surface area contributed by atoms with Crippen LogP contribution in [0.3, 0.4) is 0 Å². The van der Waals surface area contributed by atoms with E-state index >= 15 is 0 Å². The standard InChI is InChI=1S/C31H35N5O3/c1-34-21-32-28-16-27(33-30(29(28)31(34)38)36-15-13-23(18-36)19-37)24-9-11-26(12-10-24)39-20-25-8-5-14-35(25)17-22-6-3-2-4-7-22/h2-4,6-7,9-12,16,21,23,25,37H,5,8,13-15,17-20H2,1H3/t23-,25-/m0/s1. The molecule has 4 heterocycles. The molecule has 0 radical (unpaired) electrons. The van der Waals surface area contributed by atoms with Gasteiger partial charge in [-0.25, -0.2) is 9.97 Å². The van der Waals surface area contributed by atoms with E-state index in [4.69, 9.17) is 9.72 Å². The molecule has 2 atom stereocenters. The van der Waals surface area contributed by atoms with Crippen LogP contribution in [0.5, 0.6) is 5.75 Å². The maximum Gasteiger partial charge on any atom is 0.264 e. The first-order valence-corrected chi connectivity index (χ1v) is 13.8. The van der Waals surface area contributed by atoms with Gasteiger partial charge in [0.25, 0.3) is 5.56 Å². The number of aryl methyl sites for hydroxylation is 1. The van der Waals surface area contributed by atoms with Crippen LogP contribution in [0.25, 0.3) is 22.2 Å². The van der Waals surface area contributed by atoms with Crippen molar-refractivity contribution in [1.82, 2.24) is 19.4 Å². The van der Waals surface area contributed by atoms with Gasteiger partial charge in [0.1, 0.15) is 23.6 Å². The van der Waals surface area contributed by atoms with Gasteiger partial charge >= 0.3 is 0 Å². The number of aliphatic hydroxyl groups is 1. The number of nitrogens with zero attached hydrogens (tertiary/aromatic N) is 5. The third kappa shape index (κ3) is 5.40. The summed E-state index contributed by atoms with van der Waals surface area (Å²) < 4.78 is 7.72. The number of aromatic nitrogens is 3. The Labute approximate surface area is 228 Å². The smallest absolute Gasteiger partial charge is 0.264 e. The first-order chi connectivity index (χ1) is 19.1. The number of benzene rings is 2. The highest BCUT2D eigenvalue weighted by Crippen LogP contribution is 2.31. The van der Waals surface area contributed by atoms with Crippen molar-refractivity contribution in [3.63, 3.8) is 0 Å². The van der Waals surface area contributed by atoms with Gasteiger partial charge in [-0.1, -0.05) is 30.3 Å². The molecule has 0 spiro atoms. The van der Waals surface area contributed by atoms with Crippen LogP contribution in [0.15, 0.2) is 71.8 Å². The van der Waals surface area contributed by atoms with Gasteiger partial charge in [0.15, 0.2) is 0 Å². The van der Waals surface area contributed by atoms with E-state index in [2.05, 4.69) is 45.1 Å². The zero-order valence-corrected chi connectivity index (χ0v) is 22.4. The molecule has 2 aromatic carbocycles. The van der Waals surface area contributed by atoms with Crippen LogP contribution in [0.2, 0.25) is 0 Å². The van der Waals surface area contributed by atoms with Crippen LogP contribution in [-0.2, 0) is 13.6 Å². The molecule has 8 nitrogen and oxygen atoms in total. The molecule has 4 aromatic rings. The molecular formula is C31H35N5O3. The van der Waals surface area contributed by atoms with Gasteiger partial charge in [-0.2, -0.15) is 0 Å². The monoisotopic (exact) mass is 525 g/mol. The number of aliphatic hydroxyl groups excluding tert-OH is 1. The highest BCUT2D eigenvalue weighted by molar-refractivity contribution is 5.92. The summed E-state index contributed by atoms with van der Waals surface area (Å²) >= 11 is 0. The second-order valence-electron chi connectivity index (χ2n) is 10.8. The molecule has 0 amide bonds. The van der Waals surface area contributed by atoms with Crippen molar-refractivity contribution in [3.8, 4) is 17.0 Å². The largest absolute Gasteiger partial charge is 0.492 e. The van der Waals surface area contributed by atoms with E-state index in [0.717, 1.165) is 49.5 Å². The number of likely N-dealkylation sites (tertiary alicyclic amines) is 1. The molecular weight excluding hydrogens is 490 g/mol. The molecule has 2 aliphatic heterocycles. The maximum absolute atomic E-state index is 13.0. The van der Waals surface area contributed by atoms with Crippen molar-refractivity contribution < 1.29 is 9.84 Å². The predicted molar refractivity (Wildman–Crippen MR) is 153 cm³/mol. The summed E-state index contributed by atoms with van der Waals surface area (Å²) in [4.78, 5) is 27.2. The Morgan fingerprint density at radius 3 is 2.64 bits per heavy atom. The minimum atomic E-state index is -0.113. The number of pyridine rings is 1. The van der Waals surface area contributed by atoms with E-state index < -0.39 is 0 Å². The van der Waals surface area contributed by atoms with Crippen LogP contribution in [-0.4, -0.2) is 63.4 Å². The first kappa shape index (κ1) is 25.5. The lowest BCUT2D eigenvalue weighted by Crippen LogP contribution is -2.33. The molecule has 0 aliphatic carbocycles. The normalized spacial score (nSPS) is 19.7. The number of rotatable bonds is 8. The second-order valence-corrected chi connectivity index (χ2v) is 10.8. The summed E-state index contributed by atoms with van der Waals surface area (Å²) in [5.41, 5.74) is 3.56. The lowest BCUT2D eigenvalue weighted by Gasteiger charge is -2.24. The molecule has 2 fully saturated rings. The van der Waals surface area contributed by atoms with Crippen LogP contribution >= 0.6 is 0 Å². The molecule has 0 saturated carbocycles. The van der Waals surface area contributed by atoms with Gasteiger partial charge in [0.05, 0.1) is 17.5 Å². The molecule has 0 bridgehead atoms. The molecule has 39 heavy (non-hydrogen) atoms. The Bertz CT molecular complexity index is 1490. The third-order valence-electron chi connectivity index (χ3n) is 8.05.